The lowest BCUT2D eigenvalue weighted by Gasteiger charge is -2.37. The lowest BCUT2D eigenvalue weighted by Crippen LogP contribution is -2.49. The highest BCUT2D eigenvalue weighted by molar-refractivity contribution is 5.07. The molecule has 5 heteroatoms. The summed E-state index contributed by atoms with van der Waals surface area (Å²) in [5.41, 5.74) is 2.42. The van der Waals surface area contributed by atoms with Gasteiger partial charge in [-0.15, -0.1) is 0 Å². The lowest BCUT2D eigenvalue weighted by molar-refractivity contribution is 0.0457. The maximum absolute atomic E-state index is 6.11. The largest absolute Gasteiger partial charge is 0.472 e. The molecule has 0 amide bonds. The van der Waals surface area contributed by atoms with Gasteiger partial charge in [0.2, 0.25) is 0 Å². The standard InChI is InChI=1S/C18H23N3O2/c1-2-15(9-19-4-1)14-23-18-8-17-11-20(5-6-21(17)12-18)10-16-3-7-22-13-16/h1-4,7,9,13,17-18H,5-6,8,10-12,14H2/t17-,18-/m1/s1. The van der Waals surface area contributed by atoms with Crippen molar-refractivity contribution in [3.8, 4) is 0 Å². The van der Waals surface area contributed by atoms with Crippen molar-refractivity contribution in [1.82, 2.24) is 14.8 Å². The summed E-state index contributed by atoms with van der Waals surface area (Å²) in [6, 6.07) is 6.71. The monoisotopic (exact) mass is 313 g/mol. The summed E-state index contributed by atoms with van der Waals surface area (Å²) in [6.45, 7) is 6.09. The molecule has 0 unspecified atom stereocenters. The highest BCUT2D eigenvalue weighted by Gasteiger charge is 2.36. The van der Waals surface area contributed by atoms with Gasteiger partial charge in [-0.2, -0.15) is 0 Å². The van der Waals surface area contributed by atoms with Crippen LogP contribution in [0.25, 0.3) is 0 Å². The number of fused-ring (bicyclic) bond motifs is 1. The van der Waals surface area contributed by atoms with Crippen LogP contribution < -0.4 is 0 Å². The molecule has 2 fully saturated rings. The summed E-state index contributed by atoms with van der Waals surface area (Å²) in [5, 5.41) is 0. The summed E-state index contributed by atoms with van der Waals surface area (Å²) in [7, 11) is 0. The molecule has 2 aromatic heterocycles. The van der Waals surface area contributed by atoms with Gasteiger partial charge >= 0.3 is 0 Å². The van der Waals surface area contributed by atoms with Gasteiger partial charge in [-0.1, -0.05) is 6.07 Å². The lowest BCUT2D eigenvalue weighted by atomic mass is 10.1. The molecule has 0 aromatic carbocycles. The summed E-state index contributed by atoms with van der Waals surface area (Å²) in [5.74, 6) is 0. The Morgan fingerprint density at radius 1 is 1.22 bits per heavy atom. The van der Waals surface area contributed by atoms with Crippen LogP contribution in [0.3, 0.4) is 0 Å². The highest BCUT2D eigenvalue weighted by Crippen LogP contribution is 2.25. The van der Waals surface area contributed by atoms with E-state index in [1.165, 1.54) is 5.56 Å². The van der Waals surface area contributed by atoms with E-state index in [4.69, 9.17) is 9.15 Å². The number of piperazine rings is 1. The zero-order valence-corrected chi connectivity index (χ0v) is 13.3. The van der Waals surface area contributed by atoms with Crippen molar-refractivity contribution in [2.24, 2.45) is 0 Å². The summed E-state index contributed by atoms with van der Waals surface area (Å²) >= 11 is 0. The molecule has 0 spiro atoms. The second-order valence-electron chi connectivity index (χ2n) is 6.55. The number of aromatic nitrogens is 1. The Kier molecular flexibility index (Phi) is 4.41. The number of nitrogens with zero attached hydrogens (tertiary/aromatic N) is 3. The first-order valence-electron chi connectivity index (χ1n) is 8.35. The van der Waals surface area contributed by atoms with Crippen molar-refractivity contribution < 1.29 is 9.15 Å². The number of pyridine rings is 1. The van der Waals surface area contributed by atoms with Gasteiger partial charge in [0.05, 0.1) is 25.2 Å². The van der Waals surface area contributed by atoms with Crippen molar-refractivity contribution >= 4 is 0 Å². The minimum Gasteiger partial charge on any atom is -0.472 e. The van der Waals surface area contributed by atoms with Crippen LogP contribution in [0.15, 0.2) is 47.5 Å². The first kappa shape index (κ1) is 14.9. The highest BCUT2D eigenvalue weighted by atomic mass is 16.5. The number of hydrogen-bond acceptors (Lipinski definition) is 5. The molecule has 4 heterocycles. The fraction of sp³-hybridized carbons (Fsp3) is 0.500. The molecule has 0 radical (unpaired) electrons. The van der Waals surface area contributed by atoms with Crippen LogP contribution in [0.2, 0.25) is 0 Å². The van der Waals surface area contributed by atoms with Gasteiger partial charge in [0.1, 0.15) is 0 Å². The van der Waals surface area contributed by atoms with Gasteiger partial charge in [0, 0.05) is 56.7 Å². The minimum absolute atomic E-state index is 0.342. The molecule has 23 heavy (non-hydrogen) atoms. The Morgan fingerprint density at radius 3 is 3.04 bits per heavy atom. The van der Waals surface area contributed by atoms with Crippen molar-refractivity contribution in [2.75, 3.05) is 26.2 Å². The maximum Gasteiger partial charge on any atom is 0.0947 e. The van der Waals surface area contributed by atoms with E-state index in [2.05, 4.69) is 26.9 Å². The molecule has 2 aliphatic rings. The van der Waals surface area contributed by atoms with Gasteiger partial charge in [-0.05, 0) is 24.1 Å². The van der Waals surface area contributed by atoms with E-state index in [1.54, 1.807) is 12.5 Å². The Bertz CT molecular complexity index is 602. The van der Waals surface area contributed by atoms with Crippen molar-refractivity contribution in [1.29, 1.82) is 0 Å². The first-order chi connectivity index (χ1) is 11.4. The smallest absolute Gasteiger partial charge is 0.0947 e. The minimum atomic E-state index is 0.342. The van der Waals surface area contributed by atoms with E-state index >= 15 is 0 Å². The molecule has 0 bridgehead atoms. The van der Waals surface area contributed by atoms with Gasteiger partial charge in [-0.3, -0.25) is 14.8 Å². The zero-order valence-electron chi connectivity index (χ0n) is 13.3. The summed E-state index contributed by atoms with van der Waals surface area (Å²) in [4.78, 5) is 9.25. The quantitative estimate of drug-likeness (QED) is 0.846. The molecule has 2 aromatic rings. The number of rotatable bonds is 5. The Balaban J connectivity index is 1.27. The van der Waals surface area contributed by atoms with E-state index in [1.807, 2.05) is 18.5 Å². The van der Waals surface area contributed by atoms with Crippen LogP contribution in [-0.2, 0) is 17.9 Å². The molecule has 2 atom stereocenters. The van der Waals surface area contributed by atoms with E-state index in [9.17, 15) is 0 Å². The molecular formula is C18H23N3O2. The SMILES string of the molecule is c1cncc(CO[C@@H]2C[C@@H]3CN(Cc4ccoc4)CCN3C2)c1. The van der Waals surface area contributed by atoms with Crippen LogP contribution in [0.1, 0.15) is 17.5 Å². The number of hydrogen-bond donors (Lipinski definition) is 0. The molecule has 0 saturated carbocycles. The molecule has 5 nitrogen and oxygen atoms in total. The van der Waals surface area contributed by atoms with Gasteiger partial charge in [0.15, 0.2) is 0 Å². The molecule has 4 rings (SSSR count). The molecule has 2 saturated heterocycles. The zero-order chi connectivity index (χ0) is 15.5. The van der Waals surface area contributed by atoms with E-state index in [-0.39, 0.29) is 0 Å². The second kappa shape index (κ2) is 6.83. The molecule has 122 valence electrons. The fourth-order valence-corrected chi connectivity index (χ4v) is 3.66. The third kappa shape index (κ3) is 3.63. The topological polar surface area (TPSA) is 41.7 Å². The third-order valence-electron chi connectivity index (χ3n) is 4.86. The van der Waals surface area contributed by atoms with Gasteiger partial charge in [-0.25, -0.2) is 0 Å². The first-order valence-corrected chi connectivity index (χ1v) is 8.35. The average molecular weight is 313 g/mol. The summed E-state index contributed by atoms with van der Waals surface area (Å²) < 4.78 is 11.3. The molecule has 2 aliphatic heterocycles. The Morgan fingerprint density at radius 2 is 2.22 bits per heavy atom. The van der Waals surface area contributed by atoms with E-state index in [0.29, 0.717) is 18.8 Å². The molecule has 0 aliphatic carbocycles. The Labute approximate surface area is 136 Å². The van der Waals surface area contributed by atoms with E-state index in [0.717, 1.165) is 44.7 Å². The third-order valence-corrected chi connectivity index (χ3v) is 4.86. The van der Waals surface area contributed by atoms with Crippen molar-refractivity contribution in [3.63, 3.8) is 0 Å². The van der Waals surface area contributed by atoms with Crippen LogP contribution in [-0.4, -0.2) is 53.1 Å². The van der Waals surface area contributed by atoms with Crippen LogP contribution in [0.5, 0.6) is 0 Å². The van der Waals surface area contributed by atoms with Crippen molar-refractivity contribution in [3.05, 3.63) is 54.2 Å². The average Bonchev–Trinajstić information content (AvgIpc) is 3.23. The van der Waals surface area contributed by atoms with Gasteiger partial charge in [0.25, 0.3) is 0 Å². The summed E-state index contributed by atoms with van der Waals surface area (Å²) in [6.07, 6.45) is 8.75. The maximum atomic E-state index is 6.11. The van der Waals surface area contributed by atoms with Crippen LogP contribution in [0.4, 0.5) is 0 Å². The fourth-order valence-electron chi connectivity index (χ4n) is 3.66. The predicted octanol–water partition coefficient (Wildman–Crippen LogP) is 2.15. The number of ether oxygens (including phenoxy) is 1. The van der Waals surface area contributed by atoms with Crippen molar-refractivity contribution in [2.45, 2.75) is 31.7 Å². The number of furan rings is 1. The van der Waals surface area contributed by atoms with Crippen LogP contribution in [0, 0.1) is 0 Å². The van der Waals surface area contributed by atoms with E-state index < -0.39 is 0 Å². The normalized spacial score (nSPS) is 25.6. The molecule has 0 N–H and O–H groups in total. The van der Waals surface area contributed by atoms with Crippen LogP contribution >= 0.6 is 0 Å². The predicted molar refractivity (Wildman–Crippen MR) is 86.8 cm³/mol. The Hall–Kier alpha value is -1.69. The molecular weight excluding hydrogens is 290 g/mol. The van der Waals surface area contributed by atoms with Gasteiger partial charge < -0.3 is 9.15 Å². The second-order valence-corrected chi connectivity index (χ2v) is 6.55.